The maximum Gasteiger partial charge on any atom is 0.266 e. The van der Waals surface area contributed by atoms with Gasteiger partial charge in [0.05, 0.1) is 12.0 Å². The first kappa shape index (κ1) is 17.4. The van der Waals surface area contributed by atoms with E-state index in [1.54, 1.807) is 36.4 Å². The van der Waals surface area contributed by atoms with Crippen LogP contribution in [0.15, 0.2) is 47.4 Å². The van der Waals surface area contributed by atoms with E-state index in [0.29, 0.717) is 11.3 Å². The third kappa shape index (κ3) is 4.00. The second kappa shape index (κ2) is 7.25. The molecule has 0 aliphatic heterocycles. The Kier molecular flexibility index (Phi) is 5.06. The summed E-state index contributed by atoms with van der Waals surface area (Å²) in [5, 5.41) is 0. The van der Waals surface area contributed by atoms with Crippen molar-refractivity contribution < 1.29 is 17.9 Å². The highest BCUT2D eigenvalue weighted by atomic mass is 32.2. The summed E-state index contributed by atoms with van der Waals surface area (Å²) in [6.45, 7) is 0. The highest BCUT2D eigenvalue weighted by molar-refractivity contribution is 7.89. The van der Waals surface area contributed by atoms with Gasteiger partial charge in [-0.05, 0) is 73.2 Å². The smallest absolute Gasteiger partial charge is 0.266 e. The number of carbonyl (C=O) groups is 1. The van der Waals surface area contributed by atoms with E-state index in [1.807, 2.05) is 6.07 Å². The molecule has 0 aromatic heterocycles. The fraction of sp³-hybridized carbons (Fsp3) is 0.278. The lowest BCUT2D eigenvalue weighted by atomic mass is 9.92. The third-order valence-electron chi connectivity index (χ3n) is 4.28. The van der Waals surface area contributed by atoms with Gasteiger partial charge in [-0.1, -0.05) is 6.07 Å². The minimum absolute atomic E-state index is 0.156. The quantitative estimate of drug-likeness (QED) is 0.801. The van der Waals surface area contributed by atoms with Crippen molar-refractivity contribution in [3.05, 3.63) is 59.2 Å². The van der Waals surface area contributed by atoms with Crippen LogP contribution in [-0.4, -0.2) is 21.4 Å². The molecule has 2 aromatic rings. The van der Waals surface area contributed by atoms with Gasteiger partial charge in [0.25, 0.3) is 15.9 Å². The molecule has 0 atom stereocenters. The Morgan fingerprint density at radius 1 is 1.00 bits per heavy atom. The van der Waals surface area contributed by atoms with Gasteiger partial charge in [-0.15, -0.1) is 4.83 Å². The lowest BCUT2D eigenvalue weighted by Gasteiger charge is -2.17. The van der Waals surface area contributed by atoms with E-state index >= 15 is 0 Å². The molecule has 0 radical (unpaired) electrons. The number of methoxy groups -OCH3 is 1. The maximum absolute atomic E-state index is 12.4. The molecule has 2 aromatic carbocycles. The normalized spacial score (nSPS) is 13.8. The van der Waals surface area contributed by atoms with Crippen molar-refractivity contribution in [1.82, 2.24) is 10.3 Å². The predicted molar refractivity (Wildman–Crippen MR) is 93.9 cm³/mol. The van der Waals surface area contributed by atoms with Crippen LogP contribution < -0.4 is 15.0 Å². The summed E-state index contributed by atoms with van der Waals surface area (Å²) in [7, 11) is -2.29. The van der Waals surface area contributed by atoms with Crippen LogP contribution in [-0.2, 0) is 22.9 Å². The third-order valence-corrected chi connectivity index (χ3v) is 5.53. The molecule has 25 heavy (non-hydrogen) atoms. The molecule has 132 valence electrons. The number of nitrogens with one attached hydrogen (secondary N) is 2. The number of aryl methyl sites for hydroxylation is 2. The fourth-order valence-corrected chi connectivity index (χ4v) is 3.75. The Labute approximate surface area is 147 Å². The van der Waals surface area contributed by atoms with E-state index in [9.17, 15) is 13.2 Å². The molecule has 3 rings (SSSR count). The van der Waals surface area contributed by atoms with Crippen molar-refractivity contribution in [2.75, 3.05) is 7.11 Å². The molecular weight excluding hydrogens is 340 g/mol. The Bertz CT molecular complexity index is 876. The predicted octanol–water partition coefficient (Wildman–Crippen LogP) is 2.20. The molecular formula is C18H20N2O4S. The van der Waals surface area contributed by atoms with Crippen molar-refractivity contribution in [2.45, 2.75) is 30.6 Å². The van der Waals surface area contributed by atoms with Crippen LogP contribution in [0, 0.1) is 0 Å². The molecule has 0 saturated heterocycles. The summed E-state index contributed by atoms with van der Waals surface area (Å²) < 4.78 is 29.8. The van der Waals surface area contributed by atoms with Crippen LogP contribution in [0.25, 0.3) is 0 Å². The second-order valence-corrected chi connectivity index (χ2v) is 7.61. The summed E-state index contributed by atoms with van der Waals surface area (Å²) in [6.07, 6.45) is 4.07. The van der Waals surface area contributed by atoms with Gasteiger partial charge in [-0.2, -0.15) is 0 Å². The van der Waals surface area contributed by atoms with Gasteiger partial charge in [0.2, 0.25) is 0 Å². The number of rotatable bonds is 5. The molecule has 1 aliphatic rings. The van der Waals surface area contributed by atoms with Gasteiger partial charge >= 0.3 is 0 Å². The minimum Gasteiger partial charge on any atom is -0.497 e. The number of sulfonamides is 1. The lowest BCUT2D eigenvalue weighted by molar-refractivity contribution is 0.0945. The molecule has 0 saturated carbocycles. The van der Waals surface area contributed by atoms with Gasteiger partial charge in [0.15, 0.2) is 0 Å². The van der Waals surface area contributed by atoms with Crippen molar-refractivity contribution in [2.24, 2.45) is 0 Å². The van der Waals surface area contributed by atoms with Crippen LogP contribution in [0.2, 0.25) is 0 Å². The van der Waals surface area contributed by atoms with E-state index in [1.165, 1.54) is 12.7 Å². The molecule has 0 spiro atoms. The van der Waals surface area contributed by atoms with Gasteiger partial charge in [-0.25, -0.2) is 8.42 Å². The molecule has 0 bridgehead atoms. The Balaban J connectivity index is 1.69. The van der Waals surface area contributed by atoms with Crippen LogP contribution in [0.3, 0.4) is 0 Å². The zero-order chi connectivity index (χ0) is 17.9. The van der Waals surface area contributed by atoms with Crippen molar-refractivity contribution >= 4 is 15.9 Å². The number of hydrogen-bond acceptors (Lipinski definition) is 4. The highest BCUT2D eigenvalue weighted by Crippen LogP contribution is 2.23. The molecule has 2 N–H and O–H groups in total. The first-order chi connectivity index (χ1) is 12.0. The number of hydrazine groups is 1. The van der Waals surface area contributed by atoms with Crippen molar-refractivity contribution in [3.63, 3.8) is 0 Å². The van der Waals surface area contributed by atoms with Crippen LogP contribution in [0.4, 0.5) is 0 Å². The van der Waals surface area contributed by atoms with E-state index in [0.717, 1.165) is 31.2 Å². The summed E-state index contributed by atoms with van der Waals surface area (Å²) >= 11 is 0. The van der Waals surface area contributed by atoms with Crippen molar-refractivity contribution in [1.29, 1.82) is 0 Å². The van der Waals surface area contributed by atoms with Gasteiger partial charge < -0.3 is 4.74 Å². The second-order valence-electron chi connectivity index (χ2n) is 5.93. The van der Waals surface area contributed by atoms with E-state index in [4.69, 9.17) is 4.74 Å². The standard InChI is InChI=1S/C18H20N2O4S/c1-24-16-9-6-14(7-10-16)18(21)19-20-25(22,23)17-11-8-13-4-2-3-5-15(13)12-17/h6-12,20H,2-5H2,1H3,(H,19,21). The number of hydrogen-bond donors (Lipinski definition) is 2. The maximum atomic E-state index is 12.4. The Morgan fingerprint density at radius 2 is 1.68 bits per heavy atom. The fourth-order valence-electron chi connectivity index (χ4n) is 2.86. The average molecular weight is 360 g/mol. The van der Waals surface area contributed by atoms with E-state index < -0.39 is 15.9 Å². The van der Waals surface area contributed by atoms with Crippen molar-refractivity contribution in [3.8, 4) is 5.75 Å². The van der Waals surface area contributed by atoms with E-state index in [2.05, 4.69) is 10.3 Å². The van der Waals surface area contributed by atoms with Gasteiger partial charge in [0, 0.05) is 5.56 Å². The van der Waals surface area contributed by atoms with Gasteiger partial charge in [-0.3, -0.25) is 10.2 Å². The summed E-state index contributed by atoms with van der Waals surface area (Å²) in [4.78, 5) is 14.4. The first-order valence-electron chi connectivity index (χ1n) is 8.07. The topological polar surface area (TPSA) is 84.5 Å². The number of amides is 1. The first-order valence-corrected chi connectivity index (χ1v) is 9.56. The molecule has 0 heterocycles. The Morgan fingerprint density at radius 3 is 2.36 bits per heavy atom. The SMILES string of the molecule is COc1ccc(C(=O)NNS(=O)(=O)c2ccc3c(c2)CCCC3)cc1. The Hall–Kier alpha value is -2.38. The summed E-state index contributed by atoms with van der Waals surface area (Å²) in [5.74, 6) is 0.0791. The number of carbonyl (C=O) groups excluding carboxylic acids is 1. The van der Waals surface area contributed by atoms with Crippen LogP contribution in [0.1, 0.15) is 34.3 Å². The number of fused-ring (bicyclic) bond motifs is 1. The zero-order valence-corrected chi connectivity index (χ0v) is 14.7. The molecule has 1 aliphatic carbocycles. The monoisotopic (exact) mass is 360 g/mol. The minimum atomic E-state index is -3.82. The molecule has 0 unspecified atom stereocenters. The van der Waals surface area contributed by atoms with E-state index in [-0.39, 0.29) is 4.90 Å². The zero-order valence-electron chi connectivity index (χ0n) is 13.9. The molecule has 6 nitrogen and oxygen atoms in total. The number of benzene rings is 2. The van der Waals surface area contributed by atoms with Crippen LogP contribution in [0.5, 0.6) is 5.75 Å². The average Bonchev–Trinajstić information content (AvgIpc) is 2.66. The largest absolute Gasteiger partial charge is 0.497 e. The number of ether oxygens (including phenoxy) is 1. The highest BCUT2D eigenvalue weighted by Gasteiger charge is 2.18. The molecule has 7 heteroatoms. The molecule has 1 amide bonds. The summed E-state index contributed by atoms with van der Waals surface area (Å²) in [6, 6.07) is 11.5. The summed E-state index contributed by atoms with van der Waals surface area (Å²) in [5.41, 5.74) is 4.83. The van der Waals surface area contributed by atoms with Gasteiger partial charge in [0.1, 0.15) is 5.75 Å². The lowest BCUT2D eigenvalue weighted by Crippen LogP contribution is -2.41. The molecule has 0 fully saturated rings. The van der Waals surface area contributed by atoms with Crippen LogP contribution >= 0.6 is 0 Å².